The van der Waals surface area contributed by atoms with Crippen molar-refractivity contribution in [3.63, 3.8) is 0 Å². The van der Waals surface area contributed by atoms with Gasteiger partial charge in [0.2, 0.25) is 0 Å². The summed E-state index contributed by atoms with van der Waals surface area (Å²) in [6.07, 6.45) is 2.45. The van der Waals surface area contributed by atoms with Crippen molar-refractivity contribution in [2.45, 2.75) is 19.4 Å². The minimum absolute atomic E-state index is 0.168. The highest BCUT2D eigenvalue weighted by Crippen LogP contribution is 2.24. The van der Waals surface area contributed by atoms with Gasteiger partial charge in [-0.2, -0.15) is 5.26 Å². The topological polar surface area (TPSA) is 57.7 Å². The first kappa shape index (κ1) is 13.7. The molecule has 0 unspecified atom stereocenters. The van der Waals surface area contributed by atoms with Crippen LogP contribution >= 0.6 is 0 Å². The van der Waals surface area contributed by atoms with Crippen LogP contribution in [0.5, 0.6) is 0 Å². The highest BCUT2D eigenvalue weighted by Gasteiger charge is 2.19. The number of likely N-dealkylation sites (tertiary alicyclic amines) is 1. The predicted molar refractivity (Wildman–Crippen MR) is 75.8 cm³/mol. The van der Waals surface area contributed by atoms with Gasteiger partial charge in [-0.25, -0.2) is 9.07 Å². The normalized spacial score (nSPS) is 15.2. The fourth-order valence-corrected chi connectivity index (χ4v) is 2.71. The number of nitrogens with zero attached hydrogens (tertiary/aromatic N) is 5. The molecule has 1 saturated heterocycles. The predicted octanol–water partition coefficient (Wildman–Crippen LogP) is 2.05. The van der Waals surface area contributed by atoms with Crippen LogP contribution in [0.1, 0.15) is 18.5 Å². The van der Waals surface area contributed by atoms with Crippen molar-refractivity contribution in [3.8, 4) is 17.3 Å². The lowest BCUT2D eigenvalue weighted by molar-refractivity contribution is 0.315. The maximum absolute atomic E-state index is 14.0. The number of hydrogen-bond donors (Lipinski definition) is 0. The van der Waals surface area contributed by atoms with Gasteiger partial charge in [0.15, 0.2) is 5.69 Å². The number of halogens is 1. The average Bonchev–Trinajstić information content (AvgIpc) is 3.14. The van der Waals surface area contributed by atoms with Gasteiger partial charge >= 0.3 is 0 Å². The fourth-order valence-electron chi connectivity index (χ4n) is 2.71. The summed E-state index contributed by atoms with van der Waals surface area (Å²) < 4.78 is 15.6. The Balaban J connectivity index is 1.89. The third kappa shape index (κ3) is 2.78. The molecule has 0 aliphatic carbocycles. The molecule has 21 heavy (non-hydrogen) atoms. The minimum Gasteiger partial charge on any atom is -0.301 e. The van der Waals surface area contributed by atoms with Gasteiger partial charge in [0.1, 0.15) is 17.6 Å². The molecule has 0 radical (unpaired) electrons. The van der Waals surface area contributed by atoms with Crippen molar-refractivity contribution in [2.75, 3.05) is 19.6 Å². The molecular formula is C15H16FN5. The molecule has 3 rings (SSSR count). The van der Waals surface area contributed by atoms with E-state index in [9.17, 15) is 4.39 Å². The molecule has 0 N–H and O–H groups in total. The van der Waals surface area contributed by atoms with Crippen molar-refractivity contribution in [1.82, 2.24) is 19.9 Å². The lowest BCUT2D eigenvalue weighted by atomic mass is 10.1. The van der Waals surface area contributed by atoms with Gasteiger partial charge in [-0.3, -0.25) is 0 Å². The van der Waals surface area contributed by atoms with Crippen molar-refractivity contribution < 1.29 is 4.39 Å². The molecule has 0 amide bonds. The van der Waals surface area contributed by atoms with Gasteiger partial charge in [0, 0.05) is 12.1 Å². The van der Waals surface area contributed by atoms with Crippen LogP contribution < -0.4 is 0 Å². The van der Waals surface area contributed by atoms with Crippen LogP contribution in [-0.4, -0.2) is 39.5 Å². The zero-order valence-electron chi connectivity index (χ0n) is 11.7. The molecule has 1 aromatic carbocycles. The summed E-state index contributed by atoms with van der Waals surface area (Å²) in [5.74, 6) is -0.362. The SMILES string of the molecule is N#Cc1nnn(CCN2CCCC2)c1-c1ccccc1F. The van der Waals surface area contributed by atoms with Crippen LogP contribution in [0.25, 0.3) is 11.3 Å². The van der Waals surface area contributed by atoms with Crippen molar-refractivity contribution in [3.05, 3.63) is 35.8 Å². The molecule has 0 saturated carbocycles. The van der Waals surface area contributed by atoms with Crippen LogP contribution in [0.15, 0.2) is 24.3 Å². The Labute approximate surface area is 122 Å². The Morgan fingerprint density at radius 1 is 1.19 bits per heavy atom. The first-order valence-electron chi connectivity index (χ1n) is 7.10. The second-order valence-electron chi connectivity index (χ2n) is 5.15. The second-order valence-corrected chi connectivity index (χ2v) is 5.15. The molecule has 1 aliphatic rings. The van der Waals surface area contributed by atoms with E-state index in [2.05, 4.69) is 15.2 Å². The standard InChI is InChI=1S/C15H16FN5/c16-13-6-2-1-5-12(13)15-14(11-17)18-19-21(15)10-9-20-7-3-4-8-20/h1-2,5-6H,3-4,7-10H2. The molecule has 0 bridgehead atoms. The average molecular weight is 285 g/mol. The third-order valence-corrected chi connectivity index (χ3v) is 3.80. The smallest absolute Gasteiger partial charge is 0.190 e. The maximum atomic E-state index is 14.0. The van der Waals surface area contributed by atoms with E-state index in [-0.39, 0.29) is 11.5 Å². The fraction of sp³-hybridized carbons (Fsp3) is 0.400. The van der Waals surface area contributed by atoms with Gasteiger partial charge in [-0.1, -0.05) is 17.3 Å². The Bertz CT molecular complexity index is 667. The monoisotopic (exact) mass is 285 g/mol. The molecule has 2 aromatic rings. The Hall–Kier alpha value is -2.26. The first-order valence-corrected chi connectivity index (χ1v) is 7.10. The van der Waals surface area contributed by atoms with Crippen LogP contribution in [0.2, 0.25) is 0 Å². The lowest BCUT2D eigenvalue weighted by Gasteiger charge is -2.15. The number of benzene rings is 1. The summed E-state index contributed by atoms with van der Waals surface area (Å²) >= 11 is 0. The van der Waals surface area contributed by atoms with Gasteiger partial charge < -0.3 is 4.90 Å². The molecule has 0 spiro atoms. The summed E-state index contributed by atoms with van der Waals surface area (Å²) in [5.41, 5.74) is 1.01. The molecule has 1 aromatic heterocycles. The first-order chi connectivity index (χ1) is 10.3. The Morgan fingerprint density at radius 3 is 2.67 bits per heavy atom. The third-order valence-electron chi connectivity index (χ3n) is 3.80. The number of hydrogen-bond acceptors (Lipinski definition) is 4. The van der Waals surface area contributed by atoms with E-state index in [1.54, 1.807) is 22.9 Å². The van der Waals surface area contributed by atoms with E-state index in [1.165, 1.54) is 18.9 Å². The van der Waals surface area contributed by atoms with E-state index in [4.69, 9.17) is 5.26 Å². The van der Waals surface area contributed by atoms with Gasteiger partial charge in [0.05, 0.1) is 6.54 Å². The highest BCUT2D eigenvalue weighted by molar-refractivity contribution is 5.65. The summed E-state index contributed by atoms with van der Waals surface area (Å²) in [7, 11) is 0. The Morgan fingerprint density at radius 2 is 1.95 bits per heavy atom. The zero-order valence-corrected chi connectivity index (χ0v) is 11.7. The van der Waals surface area contributed by atoms with Crippen LogP contribution in [0.3, 0.4) is 0 Å². The van der Waals surface area contributed by atoms with Crippen molar-refractivity contribution >= 4 is 0 Å². The van der Waals surface area contributed by atoms with Crippen LogP contribution in [0.4, 0.5) is 4.39 Å². The summed E-state index contributed by atoms with van der Waals surface area (Å²) in [6, 6.07) is 8.41. The van der Waals surface area contributed by atoms with E-state index in [0.29, 0.717) is 17.8 Å². The summed E-state index contributed by atoms with van der Waals surface area (Å²) in [5, 5.41) is 17.0. The van der Waals surface area contributed by atoms with Crippen molar-refractivity contribution in [2.24, 2.45) is 0 Å². The molecule has 5 nitrogen and oxygen atoms in total. The second kappa shape index (κ2) is 6.02. The van der Waals surface area contributed by atoms with Gasteiger partial charge in [-0.05, 0) is 38.1 Å². The van der Waals surface area contributed by atoms with Gasteiger partial charge in [-0.15, -0.1) is 5.10 Å². The molecule has 0 atom stereocenters. The summed E-state index contributed by atoms with van der Waals surface area (Å²) in [6.45, 7) is 3.64. The largest absolute Gasteiger partial charge is 0.301 e. The van der Waals surface area contributed by atoms with E-state index in [0.717, 1.165) is 19.6 Å². The molecular weight excluding hydrogens is 269 g/mol. The van der Waals surface area contributed by atoms with Crippen molar-refractivity contribution in [1.29, 1.82) is 5.26 Å². The minimum atomic E-state index is -0.362. The van der Waals surface area contributed by atoms with E-state index < -0.39 is 0 Å². The number of rotatable bonds is 4. The summed E-state index contributed by atoms with van der Waals surface area (Å²) in [4.78, 5) is 2.35. The molecule has 1 fully saturated rings. The molecule has 1 aliphatic heterocycles. The quantitative estimate of drug-likeness (QED) is 0.862. The zero-order chi connectivity index (χ0) is 14.7. The Kier molecular flexibility index (Phi) is 3.93. The molecule has 2 heterocycles. The number of aromatic nitrogens is 3. The molecule has 6 heteroatoms. The lowest BCUT2D eigenvalue weighted by Crippen LogP contribution is -2.24. The maximum Gasteiger partial charge on any atom is 0.190 e. The van der Waals surface area contributed by atoms with Crippen LogP contribution in [0, 0.1) is 17.1 Å². The molecule has 108 valence electrons. The van der Waals surface area contributed by atoms with E-state index in [1.807, 2.05) is 6.07 Å². The highest BCUT2D eigenvalue weighted by atomic mass is 19.1. The van der Waals surface area contributed by atoms with Crippen LogP contribution in [-0.2, 0) is 6.54 Å². The van der Waals surface area contributed by atoms with E-state index >= 15 is 0 Å². The number of nitriles is 1. The van der Waals surface area contributed by atoms with Gasteiger partial charge in [0.25, 0.3) is 0 Å².